The first kappa shape index (κ1) is 23.7. The molecule has 0 aliphatic rings. The van der Waals surface area contributed by atoms with Gasteiger partial charge in [-0.2, -0.15) is 23.5 Å². The maximum Gasteiger partial charge on any atom is 0.418 e. The number of hydrogen-bond donors (Lipinski definition) is 0. The second kappa shape index (κ2) is 9.28. The van der Waals surface area contributed by atoms with Crippen molar-refractivity contribution < 1.29 is 18.0 Å². The van der Waals surface area contributed by atoms with E-state index in [2.05, 4.69) is 5.10 Å². The topological polar surface area (TPSA) is 79.0 Å². The summed E-state index contributed by atoms with van der Waals surface area (Å²) in [7, 11) is 0. The van der Waals surface area contributed by atoms with E-state index in [-0.39, 0.29) is 17.9 Å². The molecular weight excluding hydrogens is 433 g/mol. The fraction of sp³-hybridized carbons (Fsp3) is 0.250. The van der Waals surface area contributed by atoms with Gasteiger partial charge in [-0.1, -0.05) is 24.3 Å². The van der Waals surface area contributed by atoms with Gasteiger partial charge in [0.05, 0.1) is 28.9 Å². The third-order valence-corrected chi connectivity index (χ3v) is 5.34. The summed E-state index contributed by atoms with van der Waals surface area (Å²) in [6, 6.07) is 14.2. The van der Waals surface area contributed by atoms with Gasteiger partial charge < -0.3 is 4.90 Å². The molecule has 3 rings (SSSR count). The minimum atomic E-state index is -4.64. The Labute approximate surface area is 188 Å². The van der Waals surface area contributed by atoms with Crippen LogP contribution in [0.3, 0.4) is 0 Å². The maximum atomic E-state index is 13.5. The van der Waals surface area contributed by atoms with Crippen molar-refractivity contribution in [2.24, 2.45) is 0 Å². The lowest BCUT2D eigenvalue weighted by Crippen LogP contribution is -2.38. The Balaban J connectivity index is 2.07. The molecule has 170 valence electrons. The normalized spacial score (nSPS) is 12.2. The van der Waals surface area contributed by atoms with Crippen molar-refractivity contribution in [3.05, 3.63) is 92.9 Å². The van der Waals surface area contributed by atoms with E-state index in [1.165, 1.54) is 30.0 Å². The van der Waals surface area contributed by atoms with Gasteiger partial charge in [0.1, 0.15) is 0 Å². The van der Waals surface area contributed by atoms with Crippen LogP contribution < -0.4 is 5.43 Å². The summed E-state index contributed by atoms with van der Waals surface area (Å²) < 4.78 is 41.6. The summed E-state index contributed by atoms with van der Waals surface area (Å²) >= 11 is 0. The van der Waals surface area contributed by atoms with Gasteiger partial charge in [0, 0.05) is 18.3 Å². The fourth-order valence-electron chi connectivity index (χ4n) is 3.58. The summed E-state index contributed by atoms with van der Waals surface area (Å²) in [6.45, 7) is 5.17. The monoisotopic (exact) mass is 454 g/mol. The van der Waals surface area contributed by atoms with Crippen molar-refractivity contribution >= 4 is 5.91 Å². The summed E-state index contributed by atoms with van der Waals surface area (Å²) in [5.41, 5.74) is -0.994. The molecular formula is C24H21F3N4O2. The van der Waals surface area contributed by atoms with E-state index in [9.17, 15) is 22.8 Å². The summed E-state index contributed by atoms with van der Waals surface area (Å²) in [4.78, 5) is 27.3. The largest absolute Gasteiger partial charge is 0.418 e. The Morgan fingerprint density at radius 3 is 2.39 bits per heavy atom. The molecule has 0 radical (unpaired) electrons. The smallest absolute Gasteiger partial charge is 0.331 e. The number of aryl methyl sites for hydroxylation is 1. The van der Waals surface area contributed by atoms with Gasteiger partial charge in [-0.25, -0.2) is 4.68 Å². The number of hydrogen-bond acceptors (Lipinski definition) is 4. The van der Waals surface area contributed by atoms with Crippen LogP contribution in [0.25, 0.3) is 5.69 Å². The van der Waals surface area contributed by atoms with Gasteiger partial charge in [0.15, 0.2) is 5.69 Å². The van der Waals surface area contributed by atoms with E-state index in [4.69, 9.17) is 5.26 Å². The Hall–Kier alpha value is -3.93. The predicted molar refractivity (Wildman–Crippen MR) is 116 cm³/mol. The number of halogens is 3. The van der Waals surface area contributed by atoms with E-state index in [1.807, 2.05) is 6.07 Å². The first-order valence-electron chi connectivity index (χ1n) is 10.2. The van der Waals surface area contributed by atoms with Crippen LogP contribution in [0, 0.1) is 18.3 Å². The van der Waals surface area contributed by atoms with E-state index in [0.717, 1.165) is 22.4 Å². The molecule has 1 amide bonds. The number of carbonyl (C=O) groups is 1. The molecule has 33 heavy (non-hydrogen) atoms. The summed E-state index contributed by atoms with van der Waals surface area (Å²) in [5.74, 6) is -0.697. The van der Waals surface area contributed by atoms with E-state index in [0.29, 0.717) is 5.56 Å². The lowest BCUT2D eigenvalue weighted by molar-refractivity contribution is -0.137. The highest BCUT2D eigenvalue weighted by Gasteiger charge is 2.34. The van der Waals surface area contributed by atoms with Crippen molar-refractivity contribution in [2.45, 2.75) is 33.0 Å². The third kappa shape index (κ3) is 4.80. The summed E-state index contributed by atoms with van der Waals surface area (Å²) in [5, 5.41) is 13.0. The highest BCUT2D eigenvalue weighted by atomic mass is 19.4. The number of alkyl halides is 3. The average molecular weight is 454 g/mol. The van der Waals surface area contributed by atoms with Crippen LogP contribution in [-0.4, -0.2) is 27.1 Å². The number of amides is 1. The van der Waals surface area contributed by atoms with Gasteiger partial charge in [-0.05, 0) is 50.6 Å². The Kier molecular flexibility index (Phi) is 6.68. The minimum Gasteiger partial charge on any atom is -0.331 e. The Bertz CT molecular complexity index is 1270. The zero-order valence-corrected chi connectivity index (χ0v) is 18.2. The number of nitriles is 1. The number of carbonyl (C=O) groups excluding carboxylic acids is 1. The van der Waals surface area contributed by atoms with Crippen LogP contribution in [-0.2, 0) is 6.18 Å². The molecule has 1 unspecified atom stereocenters. The highest BCUT2D eigenvalue weighted by molar-refractivity contribution is 5.92. The summed E-state index contributed by atoms with van der Waals surface area (Å²) in [6.07, 6.45) is -4.64. The van der Waals surface area contributed by atoms with Crippen LogP contribution >= 0.6 is 0 Å². The first-order valence-corrected chi connectivity index (χ1v) is 10.2. The van der Waals surface area contributed by atoms with Crippen molar-refractivity contribution in [1.82, 2.24) is 14.7 Å². The molecule has 1 aromatic heterocycles. The van der Waals surface area contributed by atoms with Gasteiger partial charge in [-0.3, -0.25) is 9.59 Å². The lowest BCUT2D eigenvalue weighted by atomic mass is 10.0. The number of benzene rings is 2. The van der Waals surface area contributed by atoms with Gasteiger partial charge in [-0.15, -0.1) is 0 Å². The first-order chi connectivity index (χ1) is 15.6. The minimum absolute atomic E-state index is 0.163. The molecule has 6 nitrogen and oxygen atoms in total. The van der Waals surface area contributed by atoms with E-state index in [1.54, 1.807) is 38.1 Å². The van der Waals surface area contributed by atoms with Crippen molar-refractivity contribution in [3.63, 3.8) is 0 Å². The zero-order valence-electron chi connectivity index (χ0n) is 18.2. The molecule has 0 aliphatic carbocycles. The molecule has 0 N–H and O–H groups in total. The Morgan fingerprint density at radius 2 is 1.82 bits per heavy atom. The molecule has 0 aliphatic heterocycles. The SMILES string of the molecule is CCN(C(=O)c1nn(-c2ccccc2C(F)(F)F)c(C)cc1=O)C(C)c1ccc(C#N)cc1. The van der Waals surface area contributed by atoms with Crippen LogP contribution in [0.4, 0.5) is 13.2 Å². The lowest BCUT2D eigenvalue weighted by Gasteiger charge is -2.28. The second-order valence-corrected chi connectivity index (χ2v) is 7.43. The number of nitrogens with zero attached hydrogens (tertiary/aromatic N) is 4. The fourth-order valence-corrected chi connectivity index (χ4v) is 3.58. The van der Waals surface area contributed by atoms with Crippen LogP contribution in [0.1, 0.15) is 52.8 Å². The van der Waals surface area contributed by atoms with Gasteiger partial charge >= 0.3 is 6.18 Å². The van der Waals surface area contributed by atoms with Crippen LogP contribution in [0.5, 0.6) is 0 Å². The molecule has 0 bridgehead atoms. The second-order valence-electron chi connectivity index (χ2n) is 7.43. The molecule has 0 saturated heterocycles. The van der Waals surface area contributed by atoms with Crippen LogP contribution in [0.2, 0.25) is 0 Å². The van der Waals surface area contributed by atoms with Gasteiger partial charge in [0.2, 0.25) is 5.43 Å². The van der Waals surface area contributed by atoms with Crippen molar-refractivity contribution in [1.29, 1.82) is 5.26 Å². The average Bonchev–Trinajstić information content (AvgIpc) is 2.79. The predicted octanol–water partition coefficient (Wildman–Crippen LogP) is 4.65. The number of aromatic nitrogens is 2. The molecule has 2 aromatic carbocycles. The molecule has 1 heterocycles. The number of rotatable bonds is 5. The molecule has 0 saturated carbocycles. The Morgan fingerprint density at radius 1 is 1.18 bits per heavy atom. The highest BCUT2D eigenvalue weighted by Crippen LogP contribution is 2.33. The molecule has 1 atom stereocenters. The van der Waals surface area contributed by atoms with E-state index >= 15 is 0 Å². The van der Waals surface area contributed by atoms with Crippen LogP contribution in [0.15, 0.2) is 59.4 Å². The molecule has 0 spiro atoms. The standard InChI is InChI=1S/C24H21F3N4O2/c1-4-30(16(3)18-11-9-17(14-28)10-12-18)23(33)22-21(32)13-15(2)31(29-22)20-8-6-5-7-19(20)24(25,26)27/h5-13,16H,4H2,1-3H3. The molecule has 9 heteroatoms. The molecule has 0 fully saturated rings. The van der Waals surface area contributed by atoms with Gasteiger partial charge in [0.25, 0.3) is 5.91 Å². The third-order valence-electron chi connectivity index (χ3n) is 5.34. The van der Waals surface area contributed by atoms with Crippen molar-refractivity contribution in [2.75, 3.05) is 6.54 Å². The maximum absolute atomic E-state index is 13.5. The van der Waals surface area contributed by atoms with E-state index < -0.39 is 34.8 Å². The quantitative estimate of drug-likeness (QED) is 0.562. The van der Waals surface area contributed by atoms with Crippen molar-refractivity contribution in [3.8, 4) is 11.8 Å². The zero-order chi connectivity index (χ0) is 24.3. The molecule has 3 aromatic rings. The number of para-hydroxylation sites is 1.